The van der Waals surface area contributed by atoms with Crippen molar-refractivity contribution >= 4 is 11.5 Å². The first-order valence-corrected chi connectivity index (χ1v) is 11.7. The molecule has 0 saturated carbocycles. The first-order chi connectivity index (χ1) is 15.8. The predicted octanol–water partition coefficient (Wildman–Crippen LogP) is 5.98. The number of carbonyl (C=O) groups is 1. The van der Waals surface area contributed by atoms with Crippen LogP contribution in [0.15, 0.2) is 24.3 Å². The van der Waals surface area contributed by atoms with E-state index in [1.807, 2.05) is 38.1 Å². The van der Waals surface area contributed by atoms with Gasteiger partial charge < -0.3 is 19.5 Å². The van der Waals surface area contributed by atoms with Gasteiger partial charge in [-0.05, 0) is 67.6 Å². The molecule has 2 aromatic carbocycles. The highest BCUT2D eigenvalue weighted by atomic mass is 19.1. The van der Waals surface area contributed by atoms with Crippen LogP contribution < -0.4 is 10.1 Å². The van der Waals surface area contributed by atoms with Crippen molar-refractivity contribution in [2.45, 2.75) is 65.5 Å². The molecule has 1 aliphatic rings. The lowest BCUT2D eigenvalue weighted by atomic mass is 9.85. The number of nitrogens with one attached hydrogen (secondary N) is 1. The standard InChI is InChI=1S/C27H36FNO4/c1-6-7-12-33-17-21-16-22(29-27(20(4)30)10-13-32-14-11-27)8-9-23(21)24-15-18(2)19(3)26(31-5)25(24)28/h8-9,15-16,29H,6-7,10-14,17H2,1-5H3. The molecule has 1 saturated heterocycles. The number of carbonyl (C=O) groups excluding carboxylic acids is 1. The van der Waals surface area contributed by atoms with E-state index >= 15 is 4.39 Å². The number of unbranched alkanes of at least 4 members (excludes halogenated alkanes) is 1. The topological polar surface area (TPSA) is 56.8 Å². The van der Waals surface area contributed by atoms with E-state index in [2.05, 4.69) is 12.2 Å². The zero-order valence-corrected chi connectivity index (χ0v) is 20.5. The summed E-state index contributed by atoms with van der Waals surface area (Å²) in [6, 6.07) is 7.65. The van der Waals surface area contributed by atoms with Gasteiger partial charge in [0.15, 0.2) is 17.3 Å². The molecule has 180 valence electrons. The number of halogens is 1. The highest BCUT2D eigenvalue weighted by molar-refractivity contribution is 5.89. The van der Waals surface area contributed by atoms with Crippen molar-refractivity contribution in [3.8, 4) is 16.9 Å². The molecule has 0 aromatic heterocycles. The summed E-state index contributed by atoms with van der Waals surface area (Å²) in [7, 11) is 1.49. The predicted molar refractivity (Wildman–Crippen MR) is 130 cm³/mol. The first kappa shape index (κ1) is 25.2. The van der Waals surface area contributed by atoms with Crippen molar-refractivity contribution in [1.82, 2.24) is 0 Å². The van der Waals surface area contributed by atoms with Gasteiger partial charge in [0.2, 0.25) is 0 Å². The molecular formula is C27H36FNO4. The van der Waals surface area contributed by atoms with Crippen LogP contribution in [0.3, 0.4) is 0 Å². The summed E-state index contributed by atoms with van der Waals surface area (Å²) in [5.41, 5.74) is 4.05. The highest BCUT2D eigenvalue weighted by Crippen LogP contribution is 2.37. The van der Waals surface area contributed by atoms with Crippen LogP contribution in [0.5, 0.6) is 5.75 Å². The number of aryl methyl sites for hydroxylation is 1. The van der Waals surface area contributed by atoms with Crippen molar-refractivity contribution in [3.05, 3.63) is 46.8 Å². The lowest BCUT2D eigenvalue weighted by Gasteiger charge is -2.36. The maximum atomic E-state index is 15.4. The maximum Gasteiger partial charge on any atom is 0.173 e. The Bertz CT molecular complexity index is 983. The van der Waals surface area contributed by atoms with E-state index < -0.39 is 5.54 Å². The van der Waals surface area contributed by atoms with Gasteiger partial charge in [0.25, 0.3) is 0 Å². The molecule has 0 aliphatic carbocycles. The Hall–Kier alpha value is -2.44. The fraction of sp³-hybridized carbons (Fsp3) is 0.519. The molecule has 3 rings (SSSR count). The molecule has 33 heavy (non-hydrogen) atoms. The van der Waals surface area contributed by atoms with Crippen LogP contribution in [-0.2, 0) is 20.9 Å². The van der Waals surface area contributed by atoms with Crippen LogP contribution in [0.4, 0.5) is 10.1 Å². The van der Waals surface area contributed by atoms with E-state index in [0.29, 0.717) is 44.8 Å². The number of anilines is 1. The van der Waals surface area contributed by atoms with E-state index in [9.17, 15) is 4.79 Å². The van der Waals surface area contributed by atoms with Gasteiger partial charge in [-0.2, -0.15) is 0 Å². The number of hydrogen-bond donors (Lipinski definition) is 1. The Kier molecular flexibility index (Phi) is 8.49. The zero-order chi connectivity index (χ0) is 24.0. The van der Waals surface area contributed by atoms with Gasteiger partial charge in [-0.1, -0.05) is 19.4 Å². The molecule has 5 nitrogen and oxygen atoms in total. The number of hydrogen-bond acceptors (Lipinski definition) is 5. The molecule has 1 aliphatic heterocycles. The molecule has 1 heterocycles. The quantitative estimate of drug-likeness (QED) is 0.445. The summed E-state index contributed by atoms with van der Waals surface area (Å²) in [4.78, 5) is 12.5. The molecule has 1 fully saturated rings. The Balaban J connectivity index is 2.02. The number of ketones is 1. The largest absolute Gasteiger partial charge is 0.493 e. The fourth-order valence-corrected chi connectivity index (χ4v) is 4.34. The monoisotopic (exact) mass is 457 g/mol. The van der Waals surface area contributed by atoms with Gasteiger partial charge in [-0.3, -0.25) is 4.79 Å². The van der Waals surface area contributed by atoms with Crippen molar-refractivity contribution in [1.29, 1.82) is 0 Å². The molecule has 0 amide bonds. The first-order valence-electron chi connectivity index (χ1n) is 11.7. The van der Waals surface area contributed by atoms with E-state index in [-0.39, 0.29) is 17.3 Å². The molecule has 0 spiro atoms. The van der Waals surface area contributed by atoms with E-state index in [1.54, 1.807) is 6.92 Å². The van der Waals surface area contributed by atoms with Crippen LogP contribution >= 0.6 is 0 Å². The third-order valence-corrected chi connectivity index (χ3v) is 6.63. The molecular weight excluding hydrogens is 421 g/mol. The summed E-state index contributed by atoms with van der Waals surface area (Å²) >= 11 is 0. The second-order valence-electron chi connectivity index (χ2n) is 8.87. The van der Waals surface area contributed by atoms with Crippen molar-refractivity contribution in [2.24, 2.45) is 0 Å². The summed E-state index contributed by atoms with van der Waals surface area (Å²) in [6.45, 7) is 9.64. The molecule has 0 atom stereocenters. The molecule has 0 radical (unpaired) electrons. The minimum atomic E-state index is -0.644. The Morgan fingerprint density at radius 2 is 1.91 bits per heavy atom. The minimum Gasteiger partial charge on any atom is -0.493 e. The maximum absolute atomic E-state index is 15.4. The Labute approximate surface area is 196 Å². The second-order valence-corrected chi connectivity index (χ2v) is 8.87. The average Bonchev–Trinajstić information content (AvgIpc) is 2.80. The number of ether oxygens (including phenoxy) is 3. The van der Waals surface area contributed by atoms with E-state index in [0.717, 1.165) is 40.8 Å². The SMILES string of the molecule is CCCCOCc1cc(NC2(C(C)=O)CCOCC2)ccc1-c1cc(C)c(C)c(OC)c1F. The lowest BCUT2D eigenvalue weighted by molar-refractivity contribution is -0.124. The molecule has 0 bridgehead atoms. The molecule has 6 heteroatoms. The van der Waals surface area contributed by atoms with Crippen molar-refractivity contribution in [2.75, 3.05) is 32.2 Å². The van der Waals surface area contributed by atoms with Crippen LogP contribution in [0, 0.1) is 19.7 Å². The summed E-state index contributed by atoms with van der Waals surface area (Å²) in [5.74, 6) is -0.0101. The van der Waals surface area contributed by atoms with Crippen LogP contribution in [-0.4, -0.2) is 38.3 Å². The van der Waals surface area contributed by atoms with Gasteiger partial charge in [0, 0.05) is 43.9 Å². The summed E-state index contributed by atoms with van der Waals surface area (Å²) in [6.07, 6.45) is 3.25. The van der Waals surface area contributed by atoms with Crippen molar-refractivity contribution < 1.29 is 23.4 Å². The zero-order valence-electron chi connectivity index (χ0n) is 20.5. The normalized spacial score (nSPS) is 15.3. The number of rotatable bonds is 10. The highest BCUT2D eigenvalue weighted by Gasteiger charge is 2.37. The lowest BCUT2D eigenvalue weighted by Crippen LogP contribution is -2.49. The fourth-order valence-electron chi connectivity index (χ4n) is 4.34. The third kappa shape index (κ3) is 5.56. The number of benzene rings is 2. The van der Waals surface area contributed by atoms with E-state index in [4.69, 9.17) is 14.2 Å². The van der Waals surface area contributed by atoms with Crippen molar-refractivity contribution in [3.63, 3.8) is 0 Å². The second kappa shape index (κ2) is 11.1. The van der Waals surface area contributed by atoms with Gasteiger partial charge in [-0.15, -0.1) is 0 Å². The van der Waals surface area contributed by atoms with Gasteiger partial charge in [-0.25, -0.2) is 4.39 Å². The average molecular weight is 458 g/mol. The van der Waals surface area contributed by atoms with Gasteiger partial charge >= 0.3 is 0 Å². The number of Topliss-reactive ketones (excluding diaryl/α,β-unsaturated/α-hetero) is 1. The number of methoxy groups -OCH3 is 1. The van der Waals surface area contributed by atoms with E-state index in [1.165, 1.54) is 7.11 Å². The third-order valence-electron chi connectivity index (χ3n) is 6.63. The summed E-state index contributed by atoms with van der Waals surface area (Å²) in [5, 5.41) is 3.47. The van der Waals surface area contributed by atoms with Gasteiger partial charge in [0.05, 0.1) is 13.7 Å². The molecule has 1 N–H and O–H groups in total. The van der Waals surface area contributed by atoms with Crippen LogP contribution in [0.2, 0.25) is 0 Å². The Morgan fingerprint density at radius 3 is 2.55 bits per heavy atom. The Morgan fingerprint density at radius 1 is 1.18 bits per heavy atom. The van der Waals surface area contributed by atoms with Crippen LogP contribution in [0.25, 0.3) is 11.1 Å². The summed E-state index contributed by atoms with van der Waals surface area (Å²) < 4.78 is 32.2. The minimum absolute atomic E-state index is 0.0977. The smallest absolute Gasteiger partial charge is 0.173 e. The van der Waals surface area contributed by atoms with Crippen LogP contribution in [0.1, 0.15) is 56.2 Å². The molecule has 2 aromatic rings. The molecule has 0 unspecified atom stereocenters. The van der Waals surface area contributed by atoms with Gasteiger partial charge in [0.1, 0.15) is 5.54 Å².